The van der Waals surface area contributed by atoms with Gasteiger partial charge >= 0.3 is 0 Å². The Morgan fingerprint density at radius 3 is 2.94 bits per heavy atom. The van der Waals surface area contributed by atoms with Crippen LogP contribution in [0.1, 0.15) is 33.1 Å². The first kappa shape index (κ1) is 20.2. The lowest BCUT2D eigenvalue weighted by Gasteiger charge is -2.45. The van der Waals surface area contributed by atoms with Crippen LogP contribution < -0.4 is 15.4 Å². The summed E-state index contributed by atoms with van der Waals surface area (Å²) in [6, 6.07) is 3.78. The molecule has 4 aromatic heterocycles. The molecule has 0 aromatic carbocycles. The molecule has 10 heteroatoms. The number of nitrogens with zero attached hydrogens (tertiary/aromatic N) is 4. The number of hydrogen-bond acceptors (Lipinski definition) is 6. The molecule has 1 aliphatic carbocycles. The number of aromatic amines is 1. The van der Waals surface area contributed by atoms with E-state index >= 15 is 0 Å². The Hall–Kier alpha value is -3.69. The van der Waals surface area contributed by atoms with Gasteiger partial charge in [0.2, 0.25) is 23.7 Å². The van der Waals surface area contributed by atoms with E-state index < -0.39 is 5.95 Å². The first-order chi connectivity index (χ1) is 15.4. The van der Waals surface area contributed by atoms with Crippen molar-refractivity contribution in [2.45, 2.75) is 44.7 Å². The molecule has 4 heterocycles. The number of anilines is 1. The number of carbonyl (C=O) groups excluding carboxylic acids is 1. The minimum absolute atomic E-state index is 0.0537. The molecule has 0 aliphatic heterocycles. The van der Waals surface area contributed by atoms with Crippen LogP contribution in [0.25, 0.3) is 27.8 Å². The van der Waals surface area contributed by atoms with Crippen molar-refractivity contribution >= 4 is 28.5 Å². The molecule has 0 radical (unpaired) electrons. The quantitative estimate of drug-likeness (QED) is 0.427. The summed E-state index contributed by atoms with van der Waals surface area (Å²) < 4.78 is 21.0. The van der Waals surface area contributed by atoms with E-state index in [1.165, 1.54) is 10.6 Å². The normalized spacial score (nSPS) is 20.3. The number of fused-ring (bicyclic) bond motifs is 2. The number of methoxy groups -OCH3 is 1. The summed E-state index contributed by atoms with van der Waals surface area (Å²) in [6.07, 6.45) is 6.73. The van der Waals surface area contributed by atoms with Crippen molar-refractivity contribution in [2.24, 2.45) is 0 Å². The maximum absolute atomic E-state index is 14.0. The highest BCUT2D eigenvalue weighted by molar-refractivity contribution is 5.97. The van der Waals surface area contributed by atoms with E-state index in [1.54, 1.807) is 19.4 Å². The third kappa shape index (κ3) is 3.41. The van der Waals surface area contributed by atoms with Crippen LogP contribution in [0.3, 0.4) is 0 Å². The second kappa shape index (κ2) is 7.47. The number of amides is 1. The van der Waals surface area contributed by atoms with Crippen molar-refractivity contribution < 1.29 is 13.9 Å². The minimum Gasteiger partial charge on any atom is -0.480 e. The highest BCUT2D eigenvalue weighted by Gasteiger charge is 2.41. The third-order valence-corrected chi connectivity index (χ3v) is 5.95. The molecule has 0 atom stereocenters. The molecule has 3 N–H and O–H groups in total. The highest BCUT2D eigenvalue weighted by Crippen LogP contribution is 2.37. The molecule has 5 rings (SSSR count). The first-order valence-corrected chi connectivity index (χ1v) is 10.5. The number of aromatic nitrogens is 5. The molecule has 1 amide bonds. The van der Waals surface area contributed by atoms with Crippen LogP contribution in [-0.4, -0.2) is 48.9 Å². The Bertz CT molecular complexity index is 1320. The molecular formula is C22H24FN7O2. The molecule has 1 fully saturated rings. The molecule has 1 aliphatic rings. The maximum Gasteiger partial charge on any atom is 0.228 e. The number of rotatable bonds is 6. The SMILES string of the molecule is CCC(=O)NC1(C)CC(Nc2nc(OC)c3c(-c4ccc5ncc(F)n5c4)c[nH]c3n2)C1. The number of hydrogen-bond donors (Lipinski definition) is 3. The topological polar surface area (TPSA) is 109 Å². The van der Waals surface area contributed by atoms with Crippen LogP contribution >= 0.6 is 0 Å². The van der Waals surface area contributed by atoms with Crippen LogP contribution in [0.15, 0.2) is 30.7 Å². The van der Waals surface area contributed by atoms with Crippen LogP contribution in [0, 0.1) is 5.95 Å². The van der Waals surface area contributed by atoms with Gasteiger partial charge < -0.3 is 20.4 Å². The van der Waals surface area contributed by atoms with Gasteiger partial charge in [0.15, 0.2) is 0 Å². The zero-order valence-electron chi connectivity index (χ0n) is 18.1. The standard InChI is InChI=1S/C22H24FN7O2/c1-4-17(31)29-22(2)7-13(8-22)26-21-27-19-18(20(28-21)32-3)14(9-25-19)12-5-6-16-24-10-15(23)30(16)11-12/h5-6,9-11,13H,4,7-8H2,1-3H3,(H,29,31)(H2,25,26,27,28). The molecule has 0 bridgehead atoms. The van der Waals surface area contributed by atoms with Crippen LogP contribution in [-0.2, 0) is 4.79 Å². The number of ether oxygens (including phenoxy) is 1. The third-order valence-electron chi connectivity index (χ3n) is 5.95. The van der Waals surface area contributed by atoms with Crippen LogP contribution in [0.4, 0.5) is 10.3 Å². The smallest absolute Gasteiger partial charge is 0.228 e. The Balaban J connectivity index is 1.42. The monoisotopic (exact) mass is 437 g/mol. The van der Waals surface area contributed by atoms with E-state index in [1.807, 2.05) is 26.1 Å². The van der Waals surface area contributed by atoms with Crippen LogP contribution in [0.2, 0.25) is 0 Å². The average Bonchev–Trinajstić information content (AvgIpc) is 3.35. The molecule has 166 valence electrons. The number of pyridine rings is 1. The van der Waals surface area contributed by atoms with Gasteiger partial charge in [-0.3, -0.25) is 9.20 Å². The fraction of sp³-hybridized carbons (Fsp3) is 0.364. The van der Waals surface area contributed by atoms with Crippen molar-refractivity contribution in [1.29, 1.82) is 0 Å². The van der Waals surface area contributed by atoms with Gasteiger partial charge in [-0.05, 0) is 31.9 Å². The number of nitrogens with one attached hydrogen (secondary N) is 3. The van der Waals surface area contributed by atoms with Crippen molar-refractivity contribution in [3.8, 4) is 17.0 Å². The van der Waals surface area contributed by atoms with Gasteiger partial charge in [-0.2, -0.15) is 14.4 Å². The zero-order chi connectivity index (χ0) is 22.5. The summed E-state index contributed by atoms with van der Waals surface area (Å²) in [4.78, 5) is 28.1. The minimum atomic E-state index is -0.431. The zero-order valence-corrected chi connectivity index (χ0v) is 18.1. The van der Waals surface area contributed by atoms with Crippen LogP contribution in [0.5, 0.6) is 5.88 Å². The molecule has 1 saturated carbocycles. The highest BCUT2D eigenvalue weighted by atomic mass is 19.1. The van der Waals surface area contributed by atoms with E-state index in [9.17, 15) is 9.18 Å². The summed E-state index contributed by atoms with van der Waals surface area (Å²) in [7, 11) is 1.56. The van der Waals surface area contributed by atoms with E-state index in [4.69, 9.17) is 4.74 Å². The number of carbonyl (C=O) groups is 1. The molecule has 9 nitrogen and oxygen atoms in total. The molecule has 0 saturated heterocycles. The first-order valence-electron chi connectivity index (χ1n) is 10.5. The van der Waals surface area contributed by atoms with Gasteiger partial charge in [0.25, 0.3) is 0 Å². The summed E-state index contributed by atoms with van der Waals surface area (Å²) in [5.41, 5.74) is 2.52. The van der Waals surface area contributed by atoms with Gasteiger partial charge in [0, 0.05) is 41.5 Å². The fourth-order valence-corrected chi connectivity index (χ4v) is 4.39. The lowest BCUT2D eigenvalue weighted by Crippen LogP contribution is -2.59. The Morgan fingerprint density at radius 2 is 2.19 bits per heavy atom. The molecule has 0 unspecified atom stereocenters. The van der Waals surface area contributed by atoms with E-state index in [0.717, 1.165) is 24.0 Å². The lowest BCUT2D eigenvalue weighted by atomic mass is 9.74. The largest absolute Gasteiger partial charge is 0.480 e. The van der Waals surface area contributed by atoms with Crippen molar-refractivity contribution in [1.82, 2.24) is 29.7 Å². The second-order valence-corrected chi connectivity index (χ2v) is 8.42. The van der Waals surface area contributed by atoms with Gasteiger partial charge in [-0.1, -0.05) is 6.92 Å². The Kier molecular flexibility index (Phi) is 4.72. The molecule has 4 aromatic rings. The van der Waals surface area contributed by atoms with E-state index in [2.05, 4.69) is 30.6 Å². The summed E-state index contributed by atoms with van der Waals surface area (Å²) in [5.74, 6) is 0.492. The van der Waals surface area contributed by atoms with Gasteiger partial charge in [0.05, 0.1) is 18.7 Å². The van der Waals surface area contributed by atoms with E-state index in [-0.39, 0.29) is 17.5 Å². The van der Waals surface area contributed by atoms with E-state index in [0.29, 0.717) is 34.9 Å². The summed E-state index contributed by atoms with van der Waals surface area (Å²) in [5, 5.41) is 7.11. The average molecular weight is 437 g/mol. The van der Waals surface area contributed by atoms with Gasteiger partial charge in [0.1, 0.15) is 11.3 Å². The molecular weight excluding hydrogens is 413 g/mol. The maximum atomic E-state index is 14.0. The summed E-state index contributed by atoms with van der Waals surface area (Å²) in [6.45, 7) is 3.89. The Labute approximate surface area is 183 Å². The van der Waals surface area contributed by atoms with Crippen molar-refractivity contribution in [2.75, 3.05) is 12.4 Å². The lowest BCUT2D eigenvalue weighted by molar-refractivity contribution is -0.123. The predicted octanol–water partition coefficient (Wildman–Crippen LogP) is 3.28. The number of H-pyrrole nitrogens is 1. The van der Waals surface area contributed by atoms with Gasteiger partial charge in [-0.25, -0.2) is 4.98 Å². The van der Waals surface area contributed by atoms with Gasteiger partial charge in [-0.15, -0.1) is 0 Å². The van der Waals surface area contributed by atoms with Crippen molar-refractivity contribution in [3.63, 3.8) is 0 Å². The predicted molar refractivity (Wildman–Crippen MR) is 118 cm³/mol. The molecule has 0 spiro atoms. The van der Waals surface area contributed by atoms with Crippen molar-refractivity contribution in [3.05, 3.63) is 36.7 Å². The number of halogens is 1. The molecule has 32 heavy (non-hydrogen) atoms. The Morgan fingerprint density at radius 1 is 1.38 bits per heavy atom. The fourth-order valence-electron chi connectivity index (χ4n) is 4.39. The summed E-state index contributed by atoms with van der Waals surface area (Å²) >= 11 is 0. The number of imidazole rings is 1. The second-order valence-electron chi connectivity index (χ2n) is 8.42.